The monoisotopic (exact) mass is 300 g/mol. The molecule has 4 nitrogen and oxygen atoms in total. The molecule has 2 fully saturated rings. The van der Waals surface area contributed by atoms with Crippen LogP contribution in [0.15, 0.2) is 30.3 Å². The van der Waals surface area contributed by atoms with Gasteiger partial charge in [0, 0.05) is 31.2 Å². The normalized spacial score (nSPS) is 22.3. The Hall–Kier alpha value is -1.84. The van der Waals surface area contributed by atoms with Crippen LogP contribution in [0.25, 0.3) is 0 Å². The van der Waals surface area contributed by atoms with Gasteiger partial charge in [0.2, 0.25) is 11.8 Å². The molecule has 0 aromatic heterocycles. The molecule has 0 spiro atoms. The first kappa shape index (κ1) is 15.1. The summed E-state index contributed by atoms with van der Waals surface area (Å²) in [5.74, 6) is 0.0603. The molecule has 2 aliphatic rings. The Labute approximate surface area is 132 Å². The molecule has 1 saturated carbocycles. The Morgan fingerprint density at radius 2 is 1.91 bits per heavy atom. The average Bonchev–Trinajstić information content (AvgIpc) is 3.18. The first-order chi connectivity index (χ1) is 10.7. The van der Waals surface area contributed by atoms with E-state index in [1.807, 2.05) is 42.2 Å². The van der Waals surface area contributed by atoms with Gasteiger partial charge in [-0.25, -0.2) is 0 Å². The highest BCUT2D eigenvalue weighted by atomic mass is 16.2. The number of likely N-dealkylation sites (tertiary alicyclic amines) is 1. The lowest BCUT2D eigenvalue weighted by atomic mass is 10.1. The van der Waals surface area contributed by atoms with E-state index in [9.17, 15) is 9.59 Å². The predicted molar refractivity (Wildman–Crippen MR) is 86.5 cm³/mol. The topological polar surface area (TPSA) is 40.6 Å². The summed E-state index contributed by atoms with van der Waals surface area (Å²) < 4.78 is 0. The fourth-order valence-electron chi connectivity index (χ4n) is 3.76. The largest absolute Gasteiger partial charge is 0.339 e. The minimum absolute atomic E-state index is 0.0857. The van der Waals surface area contributed by atoms with Crippen LogP contribution in [0.5, 0.6) is 0 Å². The molecule has 0 radical (unpaired) electrons. The van der Waals surface area contributed by atoms with E-state index in [4.69, 9.17) is 0 Å². The van der Waals surface area contributed by atoms with Gasteiger partial charge >= 0.3 is 0 Å². The zero-order chi connectivity index (χ0) is 15.5. The third kappa shape index (κ3) is 2.87. The number of rotatable bonds is 4. The summed E-state index contributed by atoms with van der Waals surface area (Å²) in [5, 5.41) is 0. The molecule has 1 aliphatic heterocycles. The molecule has 1 aromatic carbocycles. The molecule has 1 atom stereocenters. The van der Waals surface area contributed by atoms with Crippen LogP contribution in [0.1, 0.15) is 39.0 Å². The number of amides is 2. The van der Waals surface area contributed by atoms with Crippen molar-refractivity contribution in [2.45, 2.75) is 45.1 Å². The Bertz CT molecular complexity index is 537. The van der Waals surface area contributed by atoms with Gasteiger partial charge in [0.05, 0.1) is 5.92 Å². The van der Waals surface area contributed by atoms with Crippen molar-refractivity contribution >= 4 is 17.5 Å². The maximum atomic E-state index is 12.8. The van der Waals surface area contributed by atoms with Gasteiger partial charge in [-0.1, -0.05) is 31.0 Å². The van der Waals surface area contributed by atoms with Crippen molar-refractivity contribution in [3.63, 3.8) is 0 Å². The predicted octanol–water partition coefficient (Wildman–Crippen LogP) is 2.83. The lowest BCUT2D eigenvalue weighted by Crippen LogP contribution is -2.39. The third-order valence-electron chi connectivity index (χ3n) is 4.92. The maximum absolute atomic E-state index is 12.8. The van der Waals surface area contributed by atoms with Crippen molar-refractivity contribution in [1.82, 2.24) is 4.90 Å². The third-order valence-corrected chi connectivity index (χ3v) is 4.92. The lowest BCUT2D eigenvalue weighted by Gasteiger charge is -2.26. The van der Waals surface area contributed by atoms with Crippen LogP contribution in [0.2, 0.25) is 0 Å². The lowest BCUT2D eigenvalue weighted by molar-refractivity contribution is -0.130. The number of hydrogen-bond acceptors (Lipinski definition) is 2. The van der Waals surface area contributed by atoms with Crippen molar-refractivity contribution in [2.24, 2.45) is 5.92 Å². The molecule has 1 heterocycles. The second-order valence-electron chi connectivity index (χ2n) is 6.30. The van der Waals surface area contributed by atoms with E-state index >= 15 is 0 Å². The molecule has 1 saturated heterocycles. The average molecular weight is 300 g/mol. The molecule has 4 heteroatoms. The van der Waals surface area contributed by atoms with Crippen LogP contribution in [-0.4, -0.2) is 35.8 Å². The van der Waals surface area contributed by atoms with E-state index < -0.39 is 0 Å². The van der Waals surface area contributed by atoms with Crippen molar-refractivity contribution in [3.05, 3.63) is 30.3 Å². The molecular weight excluding hydrogens is 276 g/mol. The zero-order valence-electron chi connectivity index (χ0n) is 13.2. The first-order valence-corrected chi connectivity index (χ1v) is 8.36. The standard InChI is InChI=1S/C18H24N2O2/c1-2-19(15-8-4-3-5-9-15)18(22)14-12-17(21)20(13-14)16-10-6-7-11-16/h3-5,8-9,14,16H,2,6-7,10-13H2,1H3. The van der Waals surface area contributed by atoms with Crippen molar-refractivity contribution in [3.8, 4) is 0 Å². The fraction of sp³-hybridized carbons (Fsp3) is 0.556. The van der Waals surface area contributed by atoms with Crippen molar-refractivity contribution in [2.75, 3.05) is 18.0 Å². The van der Waals surface area contributed by atoms with Crippen LogP contribution in [-0.2, 0) is 9.59 Å². The molecule has 118 valence electrons. The van der Waals surface area contributed by atoms with Crippen LogP contribution in [0.3, 0.4) is 0 Å². The van der Waals surface area contributed by atoms with Gasteiger partial charge < -0.3 is 9.80 Å². The Balaban J connectivity index is 1.71. The molecular formula is C18H24N2O2. The molecule has 1 aliphatic carbocycles. The van der Waals surface area contributed by atoms with Crippen molar-refractivity contribution < 1.29 is 9.59 Å². The Morgan fingerprint density at radius 1 is 1.23 bits per heavy atom. The molecule has 0 bridgehead atoms. The van der Waals surface area contributed by atoms with E-state index in [2.05, 4.69) is 0 Å². The summed E-state index contributed by atoms with van der Waals surface area (Å²) in [6.07, 6.45) is 4.99. The van der Waals surface area contributed by atoms with E-state index in [0.717, 1.165) is 18.5 Å². The highest BCUT2D eigenvalue weighted by Gasteiger charge is 2.40. The SMILES string of the molecule is CCN(C(=O)C1CC(=O)N(C2CCCC2)C1)c1ccccc1. The number of benzene rings is 1. The summed E-state index contributed by atoms with van der Waals surface area (Å²) in [4.78, 5) is 28.9. The minimum atomic E-state index is -0.187. The van der Waals surface area contributed by atoms with Gasteiger partial charge in [0.1, 0.15) is 0 Å². The second-order valence-corrected chi connectivity index (χ2v) is 6.30. The summed E-state index contributed by atoms with van der Waals surface area (Å²) in [6, 6.07) is 10.1. The molecule has 3 rings (SSSR count). The number of carbonyl (C=O) groups excluding carboxylic acids is 2. The summed E-state index contributed by atoms with van der Waals surface area (Å²) in [5.41, 5.74) is 0.918. The zero-order valence-corrected chi connectivity index (χ0v) is 13.2. The molecule has 2 amide bonds. The molecule has 1 aromatic rings. The number of para-hydroxylation sites is 1. The van der Waals surface area contributed by atoms with Crippen LogP contribution in [0, 0.1) is 5.92 Å². The number of hydrogen-bond donors (Lipinski definition) is 0. The highest BCUT2D eigenvalue weighted by Crippen LogP contribution is 2.30. The van der Waals surface area contributed by atoms with Gasteiger partial charge in [0.25, 0.3) is 0 Å². The van der Waals surface area contributed by atoms with Gasteiger partial charge in [-0.15, -0.1) is 0 Å². The van der Waals surface area contributed by atoms with Gasteiger partial charge in [-0.3, -0.25) is 9.59 Å². The Morgan fingerprint density at radius 3 is 2.55 bits per heavy atom. The summed E-state index contributed by atoms with van der Waals surface area (Å²) >= 11 is 0. The number of nitrogens with zero attached hydrogens (tertiary/aromatic N) is 2. The second kappa shape index (κ2) is 6.51. The van der Waals surface area contributed by atoms with Gasteiger partial charge in [-0.05, 0) is 31.9 Å². The fourth-order valence-corrected chi connectivity index (χ4v) is 3.76. The van der Waals surface area contributed by atoms with Gasteiger partial charge in [0.15, 0.2) is 0 Å². The summed E-state index contributed by atoms with van der Waals surface area (Å²) in [6.45, 7) is 3.22. The molecule has 1 unspecified atom stereocenters. The van der Waals surface area contributed by atoms with E-state index in [1.54, 1.807) is 4.90 Å². The Kier molecular flexibility index (Phi) is 4.46. The number of carbonyl (C=O) groups is 2. The highest BCUT2D eigenvalue weighted by molar-refractivity contribution is 5.99. The number of anilines is 1. The maximum Gasteiger partial charge on any atom is 0.232 e. The quantitative estimate of drug-likeness (QED) is 0.858. The van der Waals surface area contributed by atoms with E-state index in [0.29, 0.717) is 25.6 Å². The summed E-state index contributed by atoms with van der Waals surface area (Å²) in [7, 11) is 0. The minimum Gasteiger partial charge on any atom is -0.339 e. The van der Waals surface area contributed by atoms with E-state index in [1.165, 1.54) is 12.8 Å². The van der Waals surface area contributed by atoms with Crippen LogP contribution < -0.4 is 4.90 Å². The molecule has 0 N–H and O–H groups in total. The van der Waals surface area contributed by atoms with Crippen LogP contribution >= 0.6 is 0 Å². The van der Waals surface area contributed by atoms with Crippen molar-refractivity contribution in [1.29, 1.82) is 0 Å². The van der Waals surface area contributed by atoms with E-state index in [-0.39, 0.29) is 17.7 Å². The smallest absolute Gasteiger partial charge is 0.232 e. The molecule has 22 heavy (non-hydrogen) atoms. The van der Waals surface area contributed by atoms with Gasteiger partial charge in [-0.2, -0.15) is 0 Å². The van der Waals surface area contributed by atoms with Crippen LogP contribution in [0.4, 0.5) is 5.69 Å². The first-order valence-electron chi connectivity index (χ1n) is 8.36.